The Balaban J connectivity index is 2.50. The lowest BCUT2D eigenvalue weighted by atomic mass is 10.2. The largest absolute Gasteiger partial charge is 0.481 e. The van der Waals surface area contributed by atoms with E-state index < -0.39 is 6.10 Å². The van der Waals surface area contributed by atoms with Crippen LogP contribution in [0, 0.1) is 6.92 Å². The zero-order valence-corrected chi connectivity index (χ0v) is 11.9. The van der Waals surface area contributed by atoms with Crippen molar-refractivity contribution in [2.75, 3.05) is 6.54 Å². The van der Waals surface area contributed by atoms with Crippen LogP contribution >= 0.6 is 11.6 Å². The van der Waals surface area contributed by atoms with E-state index in [0.29, 0.717) is 17.3 Å². The third-order valence-electron chi connectivity index (χ3n) is 2.64. The molecule has 0 radical (unpaired) electrons. The number of rotatable bonds is 6. The number of halogens is 1. The van der Waals surface area contributed by atoms with Crippen LogP contribution in [0.25, 0.3) is 0 Å². The summed E-state index contributed by atoms with van der Waals surface area (Å²) in [7, 11) is 0. The third-order valence-corrected chi connectivity index (χ3v) is 3.07. The summed E-state index contributed by atoms with van der Waals surface area (Å²) in [5.41, 5.74) is 0.938. The molecule has 0 aliphatic heterocycles. The zero-order valence-electron chi connectivity index (χ0n) is 11.1. The molecule has 0 aliphatic rings. The summed E-state index contributed by atoms with van der Waals surface area (Å²) < 4.78 is 5.57. The average molecular weight is 270 g/mol. The van der Waals surface area contributed by atoms with Crippen molar-refractivity contribution >= 4 is 17.5 Å². The fourth-order valence-corrected chi connectivity index (χ4v) is 1.60. The number of amides is 1. The second kappa shape index (κ2) is 7.27. The van der Waals surface area contributed by atoms with Gasteiger partial charge in [-0.15, -0.1) is 0 Å². The minimum atomic E-state index is -0.498. The van der Waals surface area contributed by atoms with Gasteiger partial charge in [-0.1, -0.05) is 24.9 Å². The lowest BCUT2D eigenvalue weighted by Gasteiger charge is -2.15. The van der Waals surface area contributed by atoms with E-state index in [1.165, 1.54) is 0 Å². The Hall–Kier alpha value is -1.22. The van der Waals surface area contributed by atoms with E-state index in [9.17, 15) is 4.79 Å². The van der Waals surface area contributed by atoms with Gasteiger partial charge >= 0.3 is 0 Å². The number of carbonyl (C=O) groups is 1. The van der Waals surface area contributed by atoms with Crippen molar-refractivity contribution in [3.8, 4) is 5.75 Å². The topological polar surface area (TPSA) is 38.3 Å². The molecule has 0 spiro atoms. The van der Waals surface area contributed by atoms with Crippen LogP contribution in [-0.4, -0.2) is 18.6 Å². The highest BCUT2D eigenvalue weighted by atomic mass is 35.5. The van der Waals surface area contributed by atoms with Gasteiger partial charge in [0.2, 0.25) is 0 Å². The van der Waals surface area contributed by atoms with Gasteiger partial charge in [-0.2, -0.15) is 0 Å². The first kappa shape index (κ1) is 14.8. The monoisotopic (exact) mass is 269 g/mol. The smallest absolute Gasteiger partial charge is 0.260 e. The molecule has 0 heterocycles. The van der Waals surface area contributed by atoms with Gasteiger partial charge in [0.15, 0.2) is 6.10 Å². The van der Waals surface area contributed by atoms with E-state index in [-0.39, 0.29) is 5.91 Å². The molecule has 0 saturated heterocycles. The lowest BCUT2D eigenvalue weighted by Crippen LogP contribution is -2.36. The Morgan fingerprint density at radius 1 is 1.50 bits per heavy atom. The molecule has 1 N–H and O–H groups in total. The van der Waals surface area contributed by atoms with Crippen LogP contribution in [0.4, 0.5) is 0 Å². The zero-order chi connectivity index (χ0) is 13.5. The molecule has 0 aliphatic carbocycles. The van der Waals surface area contributed by atoms with Crippen molar-refractivity contribution in [3.05, 3.63) is 28.8 Å². The van der Waals surface area contributed by atoms with Crippen LogP contribution in [0.5, 0.6) is 5.75 Å². The number of hydrogen-bond acceptors (Lipinski definition) is 2. The van der Waals surface area contributed by atoms with Crippen LogP contribution < -0.4 is 10.1 Å². The van der Waals surface area contributed by atoms with Crippen LogP contribution in [-0.2, 0) is 4.79 Å². The second-order valence-corrected chi connectivity index (χ2v) is 4.72. The van der Waals surface area contributed by atoms with E-state index in [1.54, 1.807) is 19.1 Å². The van der Waals surface area contributed by atoms with E-state index >= 15 is 0 Å². The summed E-state index contributed by atoms with van der Waals surface area (Å²) in [6.07, 6.45) is 1.55. The first-order valence-electron chi connectivity index (χ1n) is 6.25. The maximum atomic E-state index is 11.7. The van der Waals surface area contributed by atoms with Crippen molar-refractivity contribution in [2.24, 2.45) is 0 Å². The maximum absolute atomic E-state index is 11.7. The highest BCUT2D eigenvalue weighted by Crippen LogP contribution is 2.21. The SMILES string of the molecule is CCCCNC(=O)C(C)Oc1ccc(Cl)c(C)c1. The molecule has 0 fully saturated rings. The molecule has 0 aromatic heterocycles. The molecule has 100 valence electrons. The molecule has 1 unspecified atom stereocenters. The number of benzene rings is 1. The molecule has 1 atom stereocenters. The van der Waals surface area contributed by atoms with Gasteiger partial charge in [-0.05, 0) is 44.0 Å². The van der Waals surface area contributed by atoms with Gasteiger partial charge in [-0.3, -0.25) is 4.79 Å². The Labute approximate surface area is 113 Å². The van der Waals surface area contributed by atoms with E-state index in [1.807, 2.05) is 13.0 Å². The standard InChI is InChI=1S/C14H20ClNO2/c1-4-5-8-16-14(17)11(3)18-12-6-7-13(15)10(2)9-12/h6-7,9,11H,4-5,8H2,1-3H3,(H,16,17). The highest BCUT2D eigenvalue weighted by molar-refractivity contribution is 6.31. The summed E-state index contributed by atoms with van der Waals surface area (Å²) in [5.74, 6) is 0.575. The Morgan fingerprint density at radius 2 is 2.22 bits per heavy atom. The fraction of sp³-hybridized carbons (Fsp3) is 0.500. The lowest BCUT2D eigenvalue weighted by molar-refractivity contribution is -0.127. The van der Waals surface area contributed by atoms with Gasteiger partial charge in [0.1, 0.15) is 5.75 Å². The van der Waals surface area contributed by atoms with E-state index in [0.717, 1.165) is 18.4 Å². The molecular weight excluding hydrogens is 250 g/mol. The molecule has 18 heavy (non-hydrogen) atoms. The summed E-state index contributed by atoms with van der Waals surface area (Å²) in [4.78, 5) is 11.7. The van der Waals surface area contributed by atoms with E-state index in [2.05, 4.69) is 12.2 Å². The van der Waals surface area contributed by atoms with Crippen molar-refractivity contribution in [2.45, 2.75) is 39.7 Å². The molecule has 1 aromatic rings. The third kappa shape index (κ3) is 4.57. The Bertz CT molecular complexity index is 407. The molecule has 1 aromatic carbocycles. The molecule has 4 heteroatoms. The van der Waals surface area contributed by atoms with Crippen molar-refractivity contribution < 1.29 is 9.53 Å². The Kier molecular flexibility index (Phi) is 5.99. The van der Waals surface area contributed by atoms with Crippen LogP contribution in [0.1, 0.15) is 32.3 Å². The molecule has 3 nitrogen and oxygen atoms in total. The van der Waals surface area contributed by atoms with Crippen molar-refractivity contribution in [1.29, 1.82) is 0 Å². The minimum Gasteiger partial charge on any atom is -0.481 e. The number of nitrogens with one attached hydrogen (secondary N) is 1. The van der Waals surface area contributed by atoms with Gasteiger partial charge in [0, 0.05) is 11.6 Å². The van der Waals surface area contributed by atoms with E-state index in [4.69, 9.17) is 16.3 Å². The molecule has 0 bridgehead atoms. The van der Waals surface area contributed by atoms with Crippen LogP contribution in [0.2, 0.25) is 5.02 Å². The van der Waals surface area contributed by atoms with Gasteiger partial charge in [0.25, 0.3) is 5.91 Å². The van der Waals surface area contributed by atoms with Crippen LogP contribution in [0.3, 0.4) is 0 Å². The Morgan fingerprint density at radius 3 is 2.83 bits per heavy atom. The highest BCUT2D eigenvalue weighted by Gasteiger charge is 2.14. The number of ether oxygens (including phenoxy) is 1. The summed E-state index contributed by atoms with van der Waals surface area (Å²) in [6.45, 7) is 6.43. The van der Waals surface area contributed by atoms with Crippen molar-refractivity contribution in [1.82, 2.24) is 5.32 Å². The maximum Gasteiger partial charge on any atom is 0.260 e. The number of hydrogen-bond donors (Lipinski definition) is 1. The first-order chi connectivity index (χ1) is 8.54. The molecule has 0 saturated carbocycles. The number of unbranched alkanes of at least 4 members (excludes halogenated alkanes) is 1. The predicted octanol–water partition coefficient (Wildman–Crippen LogP) is 3.33. The second-order valence-electron chi connectivity index (χ2n) is 4.32. The summed E-state index contributed by atoms with van der Waals surface area (Å²) in [5, 5.41) is 3.54. The number of carbonyl (C=O) groups excluding carboxylic acids is 1. The van der Waals surface area contributed by atoms with Gasteiger partial charge in [-0.25, -0.2) is 0 Å². The van der Waals surface area contributed by atoms with Gasteiger partial charge in [0.05, 0.1) is 0 Å². The van der Waals surface area contributed by atoms with Crippen LogP contribution in [0.15, 0.2) is 18.2 Å². The van der Waals surface area contributed by atoms with Gasteiger partial charge < -0.3 is 10.1 Å². The molecule has 1 amide bonds. The molecule has 1 rings (SSSR count). The summed E-state index contributed by atoms with van der Waals surface area (Å²) in [6, 6.07) is 5.37. The minimum absolute atomic E-state index is 0.0870. The summed E-state index contributed by atoms with van der Waals surface area (Å²) >= 11 is 5.93. The first-order valence-corrected chi connectivity index (χ1v) is 6.63. The normalized spacial score (nSPS) is 12.0. The fourth-order valence-electron chi connectivity index (χ4n) is 1.48. The molecular formula is C14H20ClNO2. The van der Waals surface area contributed by atoms with Crippen molar-refractivity contribution in [3.63, 3.8) is 0 Å². The quantitative estimate of drug-likeness (QED) is 0.805. The average Bonchev–Trinajstić information content (AvgIpc) is 2.34. The predicted molar refractivity (Wildman–Crippen MR) is 74.2 cm³/mol. The number of aryl methyl sites for hydroxylation is 1.